The summed E-state index contributed by atoms with van der Waals surface area (Å²) < 4.78 is 0. The van der Waals surface area contributed by atoms with E-state index in [-0.39, 0.29) is 6.42 Å². The van der Waals surface area contributed by atoms with Crippen molar-refractivity contribution in [2.24, 2.45) is 0 Å². The number of rotatable bonds is 21. The molecule has 0 heterocycles. The second kappa shape index (κ2) is 19.8. The third kappa shape index (κ3) is 15.4. The summed E-state index contributed by atoms with van der Waals surface area (Å²) in [5.74, 6) is -0.467. The Morgan fingerprint density at radius 2 is 1.00 bits per heavy atom. The lowest BCUT2D eigenvalue weighted by molar-refractivity contribution is -0.140. The van der Waals surface area contributed by atoms with Crippen LogP contribution in [0.15, 0.2) is 0 Å². The molecule has 0 aliphatic heterocycles. The molecule has 0 radical (unpaired) electrons. The number of carbonyl (C=O) groups excluding carboxylic acids is 1. The number of hydrogen-bond donors (Lipinski definition) is 4. The average molecular weight is 403 g/mol. The SMILES string of the molecule is CCCCCCCCCCCCCCCCCCC(=O)C(O)C(O)C(O)CO. The van der Waals surface area contributed by atoms with Crippen LogP contribution in [0.2, 0.25) is 0 Å². The van der Waals surface area contributed by atoms with Gasteiger partial charge in [-0.15, -0.1) is 0 Å². The number of aliphatic hydroxyl groups is 4. The molecule has 0 spiro atoms. The van der Waals surface area contributed by atoms with Gasteiger partial charge in [0.2, 0.25) is 0 Å². The van der Waals surface area contributed by atoms with Crippen LogP contribution < -0.4 is 0 Å². The molecule has 0 aromatic carbocycles. The predicted molar refractivity (Wildman–Crippen MR) is 114 cm³/mol. The quantitative estimate of drug-likeness (QED) is 0.215. The molecule has 0 rings (SSSR count). The first-order valence-corrected chi connectivity index (χ1v) is 11.7. The van der Waals surface area contributed by atoms with Crippen molar-refractivity contribution in [1.29, 1.82) is 0 Å². The highest BCUT2D eigenvalue weighted by molar-refractivity contribution is 5.83. The first-order chi connectivity index (χ1) is 13.5. The maximum Gasteiger partial charge on any atom is 0.164 e. The lowest BCUT2D eigenvalue weighted by atomic mass is 9.99. The molecule has 0 aromatic heterocycles. The van der Waals surface area contributed by atoms with E-state index >= 15 is 0 Å². The van der Waals surface area contributed by atoms with Crippen LogP contribution in [0.1, 0.15) is 116 Å². The smallest absolute Gasteiger partial charge is 0.164 e. The van der Waals surface area contributed by atoms with Gasteiger partial charge in [0.05, 0.1) is 6.61 Å². The topological polar surface area (TPSA) is 98.0 Å². The summed E-state index contributed by atoms with van der Waals surface area (Å²) in [6.45, 7) is 1.58. The molecule has 168 valence electrons. The summed E-state index contributed by atoms with van der Waals surface area (Å²) in [7, 11) is 0. The lowest BCUT2D eigenvalue weighted by Crippen LogP contribution is -2.43. The molecule has 5 nitrogen and oxygen atoms in total. The highest BCUT2D eigenvalue weighted by Gasteiger charge is 2.29. The summed E-state index contributed by atoms with van der Waals surface area (Å²) >= 11 is 0. The summed E-state index contributed by atoms with van der Waals surface area (Å²) in [6, 6.07) is 0. The van der Waals surface area contributed by atoms with Crippen LogP contribution in [0.5, 0.6) is 0 Å². The van der Waals surface area contributed by atoms with Crippen LogP contribution in [0.25, 0.3) is 0 Å². The van der Waals surface area contributed by atoms with Gasteiger partial charge in [-0.25, -0.2) is 0 Å². The molecule has 0 saturated carbocycles. The molecule has 0 aliphatic carbocycles. The van der Waals surface area contributed by atoms with E-state index < -0.39 is 30.7 Å². The minimum Gasteiger partial charge on any atom is -0.394 e. The third-order valence-electron chi connectivity index (χ3n) is 5.51. The second-order valence-corrected chi connectivity index (χ2v) is 8.20. The molecule has 3 unspecified atom stereocenters. The first-order valence-electron chi connectivity index (χ1n) is 11.7. The van der Waals surface area contributed by atoms with Gasteiger partial charge in [0.15, 0.2) is 5.78 Å². The van der Waals surface area contributed by atoms with Crippen molar-refractivity contribution >= 4 is 5.78 Å². The van der Waals surface area contributed by atoms with E-state index in [2.05, 4.69) is 6.92 Å². The van der Waals surface area contributed by atoms with Crippen LogP contribution in [0, 0.1) is 0 Å². The van der Waals surface area contributed by atoms with Gasteiger partial charge in [0.1, 0.15) is 18.3 Å². The molecule has 28 heavy (non-hydrogen) atoms. The van der Waals surface area contributed by atoms with Crippen molar-refractivity contribution in [2.45, 2.75) is 134 Å². The van der Waals surface area contributed by atoms with Gasteiger partial charge in [-0.2, -0.15) is 0 Å². The van der Waals surface area contributed by atoms with E-state index in [1.54, 1.807) is 0 Å². The standard InChI is InChI=1S/C23H46O5/c1-2-3-4-5-6-7-8-9-10-11-12-13-14-15-16-17-18-20(25)22(27)23(28)21(26)19-24/h21-24,26-28H,2-19H2,1H3. The van der Waals surface area contributed by atoms with Gasteiger partial charge in [0, 0.05) is 6.42 Å². The minimum atomic E-state index is -1.61. The Morgan fingerprint density at radius 3 is 1.36 bits per heavy atom. The first kappa shape index (κ1) is 27.5. The Hall–Kier alpha value is -0.490. The number of unbranched alkanes of at least 4 members (excludes halogenated alkanes) is 15. The summed E-state index contributed by atoms with van der Waals surface area (Å²) in [6.07, 6.45) is 15.7. The van der Waals surface area contributed by atoms with E-state index in [4.69, 9.17) is 5.11 Å². The fraction of sp³-hybridized carbons (Fsp3) is 0.957. The highest BCUT2D eigenvalue weighted by Crippen LogP contribution is 2.14. The Bertz CT molecular complexity index is 348. The largest absolute Gasteiger partial charge is 0.394 e. The van der Waals surface area contributed by atoms with Crippen LogP contribution in [-0.4, -0.2) is 51.1 Å². The van der Waals surface area contributed by atoms with E-state index in [1.807, 2.05) is 0 Å². The zero-order chi connectivity index (χ0) is 21.0. The summed E-state index contributed by atoms with van der Waals surface area (Å²) in [4.78, 5) is 11.7. The molecule has 0 aliphatic rings. The van der Waals surface area contributed by atoms with Gasteiger partial charge < -0.3 is 20.4 Å². The maximum absolute atomic E-state index is 11.7. The number of ketones is 1. The summed E-state index contributed by atoms with van der Waals surface area (Å²) in [5, 5.41) is 37.1. The third-order valence-corrected chi connectivity index (χ3v) is 5.51. The fourth-order valence-electron chi connectivity index (χ4n) is 3.50. The normalized spacial score (nSPS) is 14.8. The molecule has 0 saturated heterocycles. The summed E-state index contributed by atoms with van der Waals surface area (Å²) in [5.41, 5.74) is 0. The van der Waals surface area contributed by atoms with Crippen molar-refractivity contribution in [3.05, 3.63) is 0 Å². The number of aliphatic hydroxyl groups excluding tert-OH is 4. The predicted octanol–water partition coefficient (Wildman–Crippen LogP) is 4.28. The number of carbonyl (C=O) groups is 1. The average Bonchev–Trinajstić information content (AvgIpc) is 2.71. The van der Waals surface area contributed by atoms with Crippen molar-refractivity contribution < 1.29 is 25.2 Å². The number of Topliss-reactive ketones (excluding diaryl/α,β-unsaturated/α-hetero) is 1. The second-order valence-electron chi connectivity index (χ2n) is 8.20. The van der Waals surface area contributed by atoms with Gasteiger partial charge in [0.25, 0.3) is 0 Å². The monoisotopic (exact) mass is 402 g/mol. The van der Waals surface area contributed by atoms with E-state index in [1.165, 1.54) is 83.5 Å². The molecular weight excluding hydrogens is 356 g/mol. The van der Waals surface area contributed by atoms with Crippen molar-refractivity contribution in [2.75, 3.05) is 6.61 Å². The molecule has 0 fully saturated rings. The van der Waals surface area contributed by atoms with Crippen LogP contribution in [0.3, 0.4) is 0 Å². The van der Waals surface area contributed by atoms with Gasteiger partial charge in [-0.05, 0) is 6.42 Å². The van der Waals surface area contributed by atoms with E-state index in [9.17, 15) is 20.1 Å². The van der Waals surface area contributed by atoms with E-state index in [0.29, 0.717) is 6.42 Å². The van der Waals surface area contributed by atoms with Gasteiger partial charge in [-0.1, -0.05) is 103 Å². The zero-order valence-electron chi connectivity index (χ0n) is 18.2. The van der Waals surface area contributed by atoms with Crippen LogP contribution in [0.4, 0.5) is 0 Å². The van der Waals surface area contributed by atoms with Crippen molar-refractivity contribution in [1.82, 2.24) is 0 Å². The van der Waals surface area contributed by atoms with Crippen LogP contribution in [-0.2, 0) is 4.79 Å². The van der Waals surface area contributed by atoms with Crippen molar-refractivity contribution in [3.63, 3.8) is 0 Å². The molecule has 0 bridgehead atoms. The molecule has 0 amide bonds. The Kier molecular flexibility index (Phi) is 19.5. The maximum atomic E-state index is 11.7. The number of hydrogen-bond acceptors (Lipinski definition) is 5. The van der Waals surface area contributed by atoms with E-state index in [0.717, 1.165) is 12.8 Å². The molecule has 0 aromatic rings. The van der Waals surface area contributed by atoms with Gasteiger partial charge in [-0.3, -0.25) is 4.79 Å². The molecule has 5 heteroatoms. The minimum absolute atomic E-state index is 0.203. The molecule has 3 atom stereocenters. The van der Waals surface area contributed by atoms with Gasteiger partial charge >= 0.3 is 0 Å². The Morgan fingerprint density at radius 1 is 0.643 bits per heavy atom. The zero-order valence-corrected chi connectivity index (χ0v) is 18.2. The molecular formula is C23H46O5. The van der Waals surface area contributed by atoms with Crippen LogP contribution >= 0.6 is 0 Å². The Balaban J connectivity index is 3.34. The fourth-order valence-corrected chi connectivity index (χ4v) is 3.50. The Labute approximate surface area is 172 Å². The lowest BCUT2D eigenvalue weighted by Gasteiger charge is -2.20. The molecule has 4 N–H and O–H groups in total. The highest BCUT2D eigenvalue weighted by atomic mass is 16.4. The van der Waals surface area contributed by atoms with Crippen molar-refractivity contribution in [3.8, 4) is 0 Å².